The minimum atomic E-state index is -3.56. The van der Waals surface area contributed by atoms with Crippen molar-refractivity contribution in [3.63, 3.8) is 0 Å². The van der Waals surface area contributed by atoms with Crippen LogP contribution in [0, 0.1) is 0 Å². The number of rotatable bonds is 3. The van der Waals surface area contributed by atoms with Gasteiger partial charge >= 0.3 is 0 Å². The molecule has 3 aromatic rings. The summed E-state index contributed by atoms with van der Waals surface area (Å²) in [5.74, 6) is -1.04. The number of nitrogens with zero attached hydrogens (tertiary/aromatic N) is 1. The maximum Gasteiger partial charge on any atom is 0.244 e. The first kappa shape index (κ1) is 18.2. The summed E-state index contributed by atoms with van der Waals surface area (Å²) >= 11 is 0. The van der Waals surface area contributed by atoms with Gasteiger partial charge in [0.05, 0.1) is 16.3 Å². The maximum atomic E-state index is 12.7. The van der Waals surface area contributed by atoms with E-state index in [9.17, 15) is 18.0 Å². The molecule has 1 N–H and O–H groups in total. The molecule has 4 rings (SSSR count). The molecule has 0 bridgehead atoms. The number of fused-ring (bicyclic) bond motifs is 2. The molecule has 0 aliphatic carbocycles. The highest BCUT2D eigenvalue weighted by Crippen LogP contribution is 2.30. The molecule has 0 aromatic heterocycles. The summed E-state index contributed by atoms with van der Waals surface area (Å²) < 4.78 is 24.9. The van der Waals surface area contributed by atoms with Gasteiger partial charge in [0.1, 0.15) is 6.54 Å². The lowest BCUT2D eigenvalue weighted by Gasteiger charge is -2.22. The molecule has 0 spiro atoms. The van der Waals surface area contributed by atoms with Crippen LogP contribution in [0.15, 0.2) is 71.6 Å². The normalized spacial score (nSPS) is 15.7. The Kier molecular flexibility index (Phi) is 4.60. The highest BCUT2D eigenvalue weighted by molar-refractivity contribution is 7.91. The van der Waals surface area contributed by atoms with Crippen LogP contribution < -0.4 is 10.2 Å². The van der Waals surface area contributed by atoms with E-state index in [0.29, 0.717) is 5.69 Å². The molecular formula is C21H18N2O4S. The monoisotopic (exact) mass is 394 g/mol. The lowest BCUT2D eigenvalue weighted by Crippen LogP contribution is -2.38. The minimum absolute atomic E-state index is 0.0822. The standard InChI is InChI=1S/C21H18N2O4S/c24-20(22-17-9-5-7-15-6-1-2-8-16(15)17)14-23-18-10-3-4-11-19(18)28(26,27)13-12-21(23)25/h1-11H,12-14H2,(H,22,24). The number of hydrogen-bond acceptors (Lipinski definition) is 4. The number of hydrogen-bond donors (Lipinski definition) is 1. The van der Waals surface area contributed by atoms with E-state index >= 15 is 0 Å². The number of amides is 2. The molecule has 1 aliphatic rings. The van der Waals surface area contributed by atoms with Gasteiger partial charge in [0.2, 0.25) is 11.8 Å². The maximum absolute atomic E-state index is 12.7. The van der Waals surface area contributed by atoms with Crippen LogP contribution in [0.3, 0.4) is 0 Å². The van der Waals surface area contributed by atoms with E-state index in [1.807, 2.05) is 36.4 Å². The summed E-state index contributed by atoms with van der Waals surface area (Å²) in [5.41, 5.74) is 0.893. The van der Waals surface area contributed by atoms with Crippen LogP contribution in [-0.2, 0) is 19.4 Å². The van der Waals surface area contributed by atoms with Gasteiger partial charge in [-0.05, 0) is 23.6 Å². The third-order valence-corrected chi connectivity index (χ3v) is 6.50. The van der Waals surface area contributed by atoms with Gasteiger partial charge in [0.25, 0.3) is 0 Å². The van der Waals surface area contributed by atoms with E-state index in [1.54, 1.807) is 24.3 Å². The van der Waals surface area contributed by atoms with Crippen molar-refractivity contribution in [2.45, 2.75) is 11.3 Å². The van der Waals surface area contributed by atoms with E-state index in [0.717, 1.165) is 10.8 Å². The van der Waals surface area contributed by atoms with Gasteiger partial charge in [-0.25, -0.2) is 8.42 Å². The van der Waals surface area contributed by atoms with Crippen molar-refractivity contribution < 1.29 is 18.0 Å². The first-order valence-electron chi connectivity index (χ1n) is 8.85. The van der Waals surface area contributed by atoms with E-state index in [4.69, 9.17) is 0 Å². The zero-order valence-corrected chi connectivity index (χ0v) is 15.8. The van der Waals surface area contributed by atoms with Crippen molar-refractivity contribution in [1.29, 1.82) is 0 Å². The molecule has 6 nitrogen and oxygen atoms in total. The number of para-hydroxylation sites is 1. The fourth-order valence-corrected chi connectivity index (χ4v) is 4.83. The van der Waals surface area contributed by atoms with Gasteiger partial charge in [-0.15, -0.1) is 0 Å². The molecule has 0 atom stereocenters. The third kappa shape index (κ3) is 3.36. The van der Waals surface area contributed by atoms with Crippen molar-refractivity contribution in [2.75, 3.05) is 22.5 Å². The Morgan fingerprint density at radius 3 is 2.54 bits per heavy atom. The molecule has 0 saturated heterocycles. The molecular weight excluding hydrogens is 376 g/mol. The molecule has 1 aliphatic heterocycles. The Morgan fingerprint density at radius 1 is 0.964 bits per heavy atom. The van der Waals surface area contributed by atoms with Crippen LogP contribution in [0.2, 0.25) is 0 Å². The fourth-order valence-electron chi connectivity index (χ4n) is 3.39. The van der Waals surface area contributed by atoms with Crippen LogP contribution >= 0.6 is 0 Å². The van der Waals surface area contributed by atoms with Crippen LogP contribution in [0.25, 0.3) is 10.8 Å². The largest absolute Gasteiger partial charge is 0.324 e. The number of carbonyl (C=O) groups excluding carboxylic acids is 2. The fraction of sp³-hybridized carbons (Fsp3) is 0.143. The lowest BCUT2D eigenvalue weighted by molar-refractivity contribution is -0.121. The van der Waals surface area contributed by atoms with Crippen molar-refractivity contribution in [3.8, 4) is 0 Å². The Balaban J connectivity index is 1.64. The Labute approximate surface area is 162 Å². The first-order valence-corrected chi connectivity index (χ1v) is 10.5. The van der Waals surface area contributed by atoms with Crippen molar-refractivity contribution in [1.82, 2.24) is 0 Å². The molecule has 0 saturated carbocycles. The topological polar surface area (TPSA) is 83.6 Å². The summed E-state index contributed by atoms with van der Waals surface area (Å²) in [4.78, 5) is 26.6. The molecule has 2 amide bonds. The Morgan fingerprint density at radius 2 is 1.68 bits per heavy atom. The molecule has 0 radical (unpaired) electrons. The first-order chi connectivity index (χ1) is 13.5. The Bertz CT molecular complexity index is 1180. The predicted octanol–water partition coefficient (Wildman–Crippen LogP) is 2.99. The zero-order valence-electron chi connectivity index (χ0n) is 15.0. The van der Waals surface area contributed by atoms with Crippen LogP contribution in [0.4, 0.5) is 11.4 Å². The van der Waals surface area contributed by atoms with E-state index in [1.165, 1.54) is 11.0 Å². The van der Waals surface area contributed by atoms with Gasteiger partial charge in [-0.2, -0.15) is 0 Å². The summed E-state index contributed by atoms with van der Waals surface area (Å²) in [6.45, 7) is -0.255. The van der Waals surface area contributed by atoms with Gasteiger partial charge < -0.3 is 10.2 Å². The van der Waals surface area contributed by atoms with E-state index in [2.05, 4.69) is 5.32 Å². The third-order valence-electron chi connectivity index (χ3n) is 4.74. The summed E-state index contributed by atoms with van der Waals surface area (Å²) in [7, 11) is -3.56. The second kappa shape index (κ2) is 7.09. The Hall–Kier alpha value is -3.19. The minimum Gasteiger partial charge on any atom is -0.324 e. The van der Waals surface area contributed by atoms with Gasteiger partial charge in [-0.3, -0.25) is 9.59 Å². The molecule has 142 valence electrons. The van der Waals surface area contributed by atoms with Gasteiger partial charge in [0.15, 0.2) is 9.84 Å². The van der Waals surface area contributed by atoms with Crippen molar-refractivity contribution >= 4 is 43.8 Å². The average molecular weight is 394 g/mol. The summed E-state index contributed by atoms with van der Waals surface area (Å²) in [6.07, 6.45) is -0.154. The number of sulfone groups is 1. The molecule has 1 heterocycles. The summed E-state index contributed by atoms with van der Waals surface area (Å²) in [6, 6.07) is 19.5. The van der Waals surface area contributed by atoms with Crippen molar-refractivity contribution in [2.24, 2.45) is 0 Å². The smallest absolute Gasteiger partial charge is 0.244 e. The highest BCUT2D eigenvalue weighted by atomic mass is 32.2. The van der Waals surface area contributed by atoms with Crippen LogP contribution in [0.1, 0.15) is 6.42 Å². The van der Waals surface area contributed by atoms with Crippen LogP contribution in [-0.4, -0.2) is 32.5 Å². The summed E-state index contributed by atoms with van der Waals surface area (Å²) in [5, 5.41) is 4.72. The number of nitrogens with one attached hydrogen (secondary N) is 1. The van der Waals surface area contributed by atoms with Gasteiger partial charge in [-0.1, -0.05) is 48.5 Å². The molecule has 28 heavy (non-hydrogen) atoms. The van der Waals surface area contributed by atoms with Crippen molar-refractivity contribution in [3.05, 3.63) is 66.7 Å². The van der Waals surface area contributed by atoms with Crippen LogP contribution in [0.5, 0.6) is 0 Å². The zero-order chi connectivity index (χ0) is 19.7. The van der Waals surface area contributed by atoms with Gasteiger partial charge in [0, 0.05) is 17.5 Å². The average Bonchev–Trinajstić information content (AvgIpc) is 2.79. The van der Waals surface area contributed by atoms with E-state index in [-0.39, 0.29) is 41.1 Å². The highest BCUT2D eigenvalue weighted by Gasteiger charge is 2.31. The SMILES string of the molecule is O=C(CN1C(=O)CCS(=O)(=O)c2ccccc21)Nc1cccc2ccccc12. The lowest BCUT2D eigenvalue weighted by atomic mass is 10.1. The predicted molar refractivity (Wildman–Crippen MR) is 108 cm³/mol. The molecule has 0 fully saturated rings. The second-order valence-corrected chi connectivity index (χ2v) is 8.67. The van der Waals surface area contributed by atoms with E-state index < -0.39 is 9.84 Å². The molecule has 0 unspecified atom stereocenters. The number of anilines is 2. The quantitative estimate of drug-likeness (QED) is 0.740. The molecule has 7 heteroatoms. The number of benzene rings is 3. The second-order valence-electron chi connectivity index (χ2n) is 6.59. The molecule has 3 aromatic carbocycles. The number of carbonyl (C=O) groups is 2.